The zero-order valence-corrected chi connectivity index (χ0v) is 7.27. The predicted octanol–water partition coefficient (Wildman–Crippen LogP) is 3.11. The number of benzene rings is 1. The lowest BCUT2D eigenvalue weighted by Crippen LogP contribution is -1.87. The van der Waals surface area contributed by atoms with Crippen molar-refractivity contribution in [1.82, 2.24) is 0 Å². The summed E-state index contributed by atoms with van der Waals surface area (Å²) in [4.78, 5) is 0. The zero-order valence-electron chi connectivity index (χ0n) is 7.27. The van der Waals surface area contributed by atoms with Crippen LogP contribution in [0.15, 0.2) is 66.4 Å². The lowest BCUT2D eigenvalue weighted by molar-refractivity contribution is 1.55. The Kier molecular flexibility index (Phi) is 2.28. The highest BCUT2D eigenvalue weighted by atomic mass is 14.8. The van der Waals surface area contributed by atoms with E-state index in [1.165, 1.54) is 5.57 Å². The normalized spacial score (nSPS) is 13.4. The van der Waals surface area contributed by atoms with Gasteiger partial charge in [-0.2, -0.15) is 0 Å². The Balaban J connectivity index is 2.04. The second kappa shape index (κ2) is 3.76. The van der Waals surface area contributed by atoms with Crippen LogP contribution in [0.2, 0.25) is 0 Å². The van der Waals surface area contributed by atoms with Gasteiger partial charge in [0.2, 0.25) is 0 Å². The van der Waals surface area contributed by atoms with Crippen LogP contribution in [-0.4, -0.2) is 0 Å². The molecule has 13 heavy (non-hydrogen) atoms. The molecule has 1 N–H and O–H groups in total. The maximum absolute atomic E-state index is 3.22. The van der Waals surface area contributed by atoms with Gasteiger partial charge in [0.1, 0.15) is 0 Å². The van der Waals surface area contributed by atoms with Crippen molar-refractivity contribution in [3.8, 4) is 0 Å². The minimum Gasteiger partial charge on any atom is -0.361 e. The van der Waals surface area contributed by atoms with Crippen molar-refractivity contribution in [2.45, 2.75) is 0 Å². The van der Waals surface area contributed by atoms with Crippen LogP contribution < -0.4 is 5.32 Å². The van der Waals surface area contributed by atoms with Gasteiger partial charge in [-0.05, 0) is 17.7 Å². The Morgan fingerprint density at radius 3 is 2.31 bits per heavy atom. The number of nitrogens with one attached hydrogen (secondary N) is 1. The van der Waals surface area contributed by atoms with Crippen LogP contribution in [0.25, 0.3) is 0 Å². The fourth-order valence-electron chi connectivity index (χ4n) is 1.19. The molecule has 0 bridgehead atoms. The molecule has 64 valence electrons. The van der Waals surface area contributed by atoms with Crippen LogP contribution >= 0.6 is 0 Å². The van der Waals surface area contributed by atoms with Crippen molar-refractivity contribution in [2.24, 2.45) is 0 Å². The molecular formula is C12H11N. The quantitative estimate of drug-likeness (QED) is 0.717. The third kappa shape index (κ3) is 2.09. The van der Waals surface area contributed by atoms with E-state index in [2.05, 4.69) is 17.5 Å². The monoisotopic (exact) mass is 169 g/mol. The van der Waals surface area contributed by atoms with Gasteiger partial charge >= 0.3 is 0 Å². The second-order valence-corrected chi connectivity index (χ2v) is 2.87. The molecule has 1 aliphatic rings. The summed E-state index contributed by atoms with van der Waals surface area (Å²) >= 11 is 0. The highest BCUT2D eigenvalue weighted by Crippen LogP contribution is 2.09. The Labute approximate surface area is 78.1 Å². The highest BCUT2D eigenvalue weighted by molar-refractivity contribution is 5.49. The van der Waals surface area contributed by atoms with Gasteiger partial charge in [-0.15, -0.1) is 0 Å². The fraction of sp³-hybridized carbons (Fsp3) is 0. The maximum Gasteiger partial charge on any atom is 0.0379 e. The van der Waals surface area contributed by atoms with Crippen LogP contribution in [0.3, 0.4) is 0 Å². The van der Waals surface area contributed by atoms with E-state index >= 15 is 0 Å². The summed E-state index contributed by atoms with van der Waals surface area (Å²) < 4.78 is 0. The van der Waals surface area contributed by atoms with E-state index < -0.39 is 0 Å². The molecule has 0 unspecified atom stereocenters. The van der Waals surface area contributed by atoms with Crippen LogP contribution in [0, 0.1) is 0 Å². The topological polar surface area (TPSA) is 12.0 Å². The molecule has 0 atom stereocenters. The van der Waals surface area contributed by atoms with E-state index in [0.717, 1.165) is 5.69 Å². The minimum atomic E-state index is 1.11. The van der Waals surface area contributed by atoms with E-state index in [1.54, 1.807) is 0 Å². The Bertz CT molecular complexity index is 344. The Hall–Kier alpha value is -1.76. The molecule has 0 spiro atoms. The van der Waals surface area contributed by atoms with Gasteiger partial charge in [-0.1, -0.05) is 42.5 Å². The molecule has 0 saturated heterocycles. The first kappa shape index (κ1) is 7.87. The molecule has 0 fully saturated rings. The van der Waals surface area contributed by atoms with Gasteiger partial charge in [0.25, 0.3) is 0 Å². The summed E-state index contributed by atoms with van der Waals surface area (Å²) in [5, 5.41) is 3.22. The number of allylic oxidation sites excluding steroid dienone is 5. The summed E-state index contributed by atoms with van der Waals surface area (Å²) in [6, 6.07) is 10.1. The molecular weight excluding hydrogens is 158 g/mol. The first-order valence-electron chi connectivity index (χ1n) is 4.32. The molecule has 1 aromatic carbocycles. The summed E-state index contributed by atoms with van der Waals surface area (Å²) in [6.07, 6.45) is 10.2. The number of hydrogen-bond acceptors (Lipinski definition) is 1. The largest absolute Gasteiger partial charge is 0.361 e. The minimum absolute atomic E-state index is 1.11. The molecule has 1 aliphatic carbocycles. The molecule has 1 heteroatoms. The highest BCUT2D eigenvalue weighted by Gasteiger charge is 1.90. The van der Waals surface area contributed by atoms with Crippen molar-refractivity contribution in [2.75, 3.05) is 5.32 Å². The SMILES string of the molecule is C1=CC(=CNc2ccccc2)C=C1. The van der Waals surface area contributed by atoms with Crippen molar-refractivity contribution in [3.05, 3.63) is 66.4 Å². The fourth-order valence-corrected chi connectivity index (χ4v) is 1.19. The smallest absolute Gasteiger partial charge is 0.0379 e. The predicted molar refractivity (Wildman–Crippen MR) is 56.4 cm³/mol. The Morgan fingerprint density at radius 1 is 0.923 bits per heavy atom. The van der Waals surface area contributed by atoms with Crippen molar-refractivity contribution in [1.29, 1.82) is 0 Å². The van der Waals surface area contributed by atoms with Crippen LogP contribution in [0.1, 0.15) is 0 Å². The number of anilines is 1. The zero-order chi connectivity index (χ0) is 8.93. The molecule has 1 aromatic rings. The van der Waals surface area contributed by atoms with E-state index in [-0.39, 0.29) is 0 Å². The van der Waals surface area contributed by atoms with Crippen molar-refractivity contribution >= 4 is 5.69 Å². The average Bonchev–Trinajstić information content (AvgIpc) is 2.69. The van der Waals surface area contributed by atoms with Crippen LogP contribution in [0.5, 0.6) is 0 Å². The number of hydrogen-bond donors (Lipinski definition) is 1. The summed E-state index contributed by atoms with van der Waals surface area (Å²) in [6.45, 7) is 0. The second-order valence-electron chi connectivity index (χ2n) is 2.87. The van der Waals surface area contributed by atoms with Gasteiger partial charge in [-0.3, -0.25) is 0 Å². The van der Waals surface area contributed by atoms with Gasteiger partial charge in [0.05, 0.1) is 0 Å². The van der Waals surface area contributed by atoms with E-state index in [4.69, 9.17) is 0 Å². The number of rotatable bonds is 2. The van der Waals surface area contributed by atoms with Crippen molar-refractivity contribution in [3.63, 3.8) is 0 Å². The molecule has 1 nitrogen and oxygen atoms in total. The van der Waals surface area contributed by atoms with E-state index in [1.807, 2.05) is 48.7 Å². The average molecular weight is 169 g/mol. The molecule has 0 heterocycles. The molecule has 2 rings (SSSR count). The number of para-hydroxylation sites is 1. The molecule has 0 radical (unpaired) electrons. The molecule has 0 amide bonds. The summed E-state index contributed by atoms with van der Waals surface area (Å²) in [7, 11) is 0. The molecule has 0 aliphatic heterocycles. The first-order chi connectivity index (χ1) is 6.45. The van der Waals surface area contributed by atoms with Gasteiger partial charge in [0, 0.05) is 11.9 Å². The van der Waals surface area contributed by atoms with Gasteiger partial charge in [0.15, 0.2) is 0 Å². The van der Waals surface area contributed by atoms with Gasteiger partial charge in [-0.25, -0.2) is 0 Å². The van der Waals surface area contributed by atoms with E-state index in [0.29, 0.717) is 0 Å². The Morgan fingerprint density at radius 2 is 1.62 bits per heavy atom. The maximum atomic E-state index is 3.22. The first-order valence-corrected chi connectivity index (χ1v) is 4.32. The van der Waals surface area contributed by atoms with Crippen molar-refractivity contribution < 1.29 is 0 Å². The van der Waals surface area contributed by atoms with Gasteiger partial charge < -0.3 is 5.32 Å². The standard InChI is InChI=1S/C12H11N/c1-2-8-12(9-3-1)13-10-11-6-4-5-7-11/h1-10,13H. The third-order valence-corrected chi connectivity index (χ3v) is 1.87. The summed E-state index contributed by atoms with van der Waals surface area (Å²) in [5.74, 6) is 0. The molecule has 0 saturated carbocycles. The third-order valence-electron chi connectivity index (χ3n) is 1.87. The van der Waals surface area contributed by atoms with Crippen LogP contribution in [0.4, 0.5) is 5.69 Å². The van der Waals surface area contributed by atoms with Crippen LogP contribution in [-0.2, 0) is 0 Å². The van der Waals surface area contributed by atoms with E-state index in [9.17, 15) is 0 Å². The lowest BCUT2D eigenvalue weighted by atomic mass is 10.3. The molecule has 0 aromatic heterocycles. The lowest BCUT2D eigenvalue weighted by Gasteiger charge is -1.99. The summed E-state index contributed by atoms with van der Waals surface area (Å²) in [5.41, 5.74) is 2.31.